The molecule has 0 amide bonds. The van der Waals surface area contributed by atoms with E-state index in [0.717, 1.165) is 5.56 Å². The van der Waals surface area contributed by atoms with Crippen LogP contribution >= 0.6 is 0 Å². The molecule has 0 bridgehead atoms. The minimum Gasteiger partial charge on any atom is -0.465 e. The van der Waals surface area contributed by atoms with Gasteiger partial charge in [0.25, 0.3) is 0 Å². The Balaban J connectivity index is 1.92. The van der Waals surface area contributed by atoms with Crippen LogP contribution in [-0.2, 0) is 21.5 Å². The van der Waals surface area contributed by atoms with Crippen molar-refractivity contribution in [3.63, 3.8) is 0 Å². The predicted molar refractivity (Wildman–Crippen MR) is 111 cm³/mol. The van der Waals surface area contributed by atoms with Crippen LogP contribution in [0.5, 0.6) is 0 Å². The first-order chi connectivity index (χ1) is 13.8. The maximum absolute atomic E-state index is 13.5. The van der Waals surface area contributed by atoms with Crippen molar-refractivity contribution in [3.8, 4) is 0 Å². The number of carbonyl (C=O) groups excluding carboxylic acids is 1. The summed E-state index contributed by atoms with van der Waals surface area (Å²) in [6.45, 7) is 4.86. The molecule has 1 aliphatic rings. The van der Waals surface area contributed by atoms with Crippen molar-refractivity contribution in [2.45, 2.75) is 32.5 Å². The summed E-state index contributed by atoms with van der Waals surface area (Å²) < 4.78 is 34.6. The third kappa shape index (κ3) is 4.92. The van der Waals surface area contributed by atoms with Crippen molar-refractivity contribution >= 4 is 21.9 Å². The molecule has 3 rings (SSSR count). The van der Waals surface area contributed by atoms with E-state index in [1.165, 1.54) is 21.9 Å². The molecule has 1 aromatic heterocycles. The predicted octanol–water partition coefficient (Wildman–Crippen LogP) is 1.80. The number of ether oxygens (including phenoxy) is 1. The van der Waals surface area contributed by atoms with Gasteiger partial charge in [-0.3, -0.25) is 9.29 Å². The molecule has 0 unspecified atom stereocenters. The van der Waals surface area contributed by atoms with Crippen LogP contribution in [0, 0.1) is 0 Å². The summed E-state index contributed by atoms with van der Waals surface area (Å²) >= 11 is 0. The van der Waals surface area contributed by atoms with Gasteiger partial charge in [-0.1, -0.05) is 12.1 Å². The van der Waals surface area contributed by atoms with Crippen LogP contribution in [0.4, 0.5) is 5.69 Å². The summed E-state index contributed by atoms with van der Waals surface area (Å²) in [5.74, 6) is -0.433. The number of anilines is 1. The lowest BCUT2D eigenvalue weighted by Gasteiger charge is -2.38. The van der Waals surface area contributed by atoms with Gasteiger partial charge in [-0.15, -0.1) is 0 Å². The van der Waals surface area contributed by atoms with Crippen LogP contribution in [0.15, 0.2) is 48.8 Å². The molecule has 1 aromatic carbocycles. The van der Waals surface area contributed by atoms with Gasteiger partial charge in [0.2, 0.25) is 0 Å². The number of carbonyl (C=O) groups is 1. The zero-order chi connectivity index (χ0) is 21.0. The minimum atomic E-state index is -3.78. The molecule has 2 aromatic rings. The molecule has 0 radical (unpaired) electrons. The first kappa shape index (κ1) is 21.2. The van der Waals surface area contributed by atoms with E-state index in [2.05, 4.69) is 10.3 Å². The second kappa shape index (κ2) is 8.89. The van der Waals surface area contributed by atoms with Gasteiger partial charge in [0.1, 0.15) is 0 Å². The average Bonchev–Trinajstić information content (AvgIpc) is 2.71. The highest BCUT2D eigenvalue weighted by molar-refractivity contribution is 7.90. The maximum atomic E-state index is 13.5. The van der Waals surface area contributed by atoms with Crippen LogP contribution < -0.4 is 9.62 Å². The molecule has 1 aliphatic heterocycles. The fourth-order valence-corrected chi connectivity index (χ4v) is 5.23. The largest absolute Gasteiger partial charge is 0.465 e. The Morgan fingerprint density at radius 1 is 1.21 bits per heavy atom. The number of nitrogens with zero attached hydrogens (tertiary/aromatic N) is 3. The lowest BCUT2D eigenvalue weighted by atomic mass is 10.1. The second-order valence-corrected chi connectivity index (χ2v) is 9.05. The molecule has 2 heterocycles. The van der Waals surface area contributed by atoms with Gasteiger partial charge in [-0.05, 0) is 43.7 Å². The van der Waals surface area contributed by atoms with Crippen LogP contribution in [0.2, 0.25) is 0 Å². The van der Waals surface area contributed by atoms with Gasteiger partial charge in [0.15, 0.2) is 0 Å². The summed E-state index contributed by atoms with van der Waals surface area (Å²) in [6.07, 6.45) is 3.14. The van der Waals surface area contributed by atoms with E-state index in [-0.39, 0.29) is 18.6 Å². The second-order valence-electron chi connectivity index (χ2n) is 7.20. The molecule has 156 valence electrons. The number of nitrogens with one attached hydrogen (secondary N) is 1. The zero-order valence-electron chi connectivity index (χ0n) is 16.8. The topological polar surface area (TPSA) is 91.8 Å². The molecular weight excluding hydrogens is 392 g/mol. The molecule has 0 saturated carbocycles. The van der Waals surface area contributed by atoms with Gasteiger partial charge in [0.05, 0.1) is 31.1 Å². The van der Waals surface area contributed by atoms with E-state index in [1.807, 2.05) is 13.8 Å². The molecule has 2 atom stereocenters. The van der Waals surface area contributed by atoms with Crippen LogP contribution in [0.3, 0.4) is 0 Å². The lowest BCUT2D eigenvalue weighted by Crippen LogP contribution is -2.58. The molecule has 1 fully saturated rings. The fraction of sp³-hybridized carbons (Fsp3) is 0.400. The monoisotopic (exact) mass is 418 g/mol. The van der Waals surface area contributed by atoms with Crippen molar-refractivity contribution in [1.29, 1.82) is 0 Å². The van der Waals surface area contributed by atoms with Crippen LogP contribution in [0.1, 0.15) is 29.8 Å². The van der Waals surface area contributed by atoms with E-state index in [1.54, 1.807) is 42.6 Å². The van der Waals surface area contributed by atoms with Crippen molar-refractivity contribution in [2.75, 3.05) is 24.5 Å². The number of aromatic nitrogens is 1. The molecule has 1 N–H and O–H groups in total. The normalized spacial score (nSPS) is 20.2. The highest BCUT2D eigenvalue weighted by Gasteiger charge is 2.35. The van der Waals surface area contributed by atoms with Crippen LogP contribution in [-0.4, -0.2) is 56.0 Å². The van der Waals surface area contributed by atoms with Crippen molar-refractivity contribution < 1.29 is 17.9 Å². The first-order valence-corrected chi connectivity index (χ1v) is 10.8. The summed E-state index contributed by atoms with van der Waals surface area (Å²) in [7, 11) is -2.46. The number of hydrogen-bond acceptors (Lipinski definition) is 6. The van der Waals surface area contributed by atoms with Gasteiger partial charge in [-0.25, -0.2) is 4.79 Å². The standard InChI is InChI=1S/C20H26N4O4S/c1-15-12-23(13-16(2)22-15)29(26,27)24(19-5-4-10-21-11-19)14-17-6-8-18(9-7-17)20(25)28-3/h4-11,15-16,22H,12-14H2,1-3H3/t15-,16+. The van der Waals surface area contributed by atoms with E-state index in [0.29, 0.717) is 24.3 Å². The van der Waals surface area contributed by atoms with Gasteiger partial charge in [-0.2, -0.15) is 12.7 Å². The Bertz CT molecular complexity index is 925. The molecule has 1 saturated heterocycles. The quantitative estimate of drug-likeness (QED) is 0.720. The summed E-state index contributed by atoms with van der Waals surface area (Å²) in [4.78, 5) is 15.7. The zero-order valence-corrected chi connectivity index (χ0v) is 17.6. The van der Waals surface area contributed by atoms with Crippen molar-refractivity contribution in [3.05, 3.63) is 59.9 Å². The van der Waals surface area contributed by atoms with Crippen LogP contribution in [0.25, 0.3) is 0 Å². The van der Waals surface area contributed by atoms with Gasteiger partial charge in [0, 0.05) is 31.4 Å². The molecular formula is C20H26N4O4S. The van der Waals surface area contributed by atoms with E-state index in [9.17, 15) is 13.2 Å². The number of pyridine rings is 1. The third-order valence-corrected chi connectivity index (χ3v) is 6.61. The Morgan fingerprint density at radius 2 is 1.86 bits per heavy atom. The Labute approximate surface area is 171 Å². The minimum absolute atomic E-state index is 0.0589. The third-order valence-electron chi connectivity index (χ3n) is 4.76. The summed E-state index contributed by atoms with van der Waals surface area (Å²) in [5.41, 5.74) is 1.65. The molecule has 0 spiro atoms. The molecule has 9 heteroatoms. The Hall–Kier alpha value is -2.49. The lowest BCUT2D eigenvalue weighted by molar-refractivity contribution is 0.0600. The van der Waals surface area contributed by atoms with Gasteiger partial charge < -0.3 is 10.1 Å². The molecule has 0 aliphatic carbocycles. The summed E-state index contributed by atoms with van der Waals surface area (Å²) in [6, 6.07) is 10.3. The van der Waals surface area contributed by atoms with Crippen molar-refractivity contribution in [1.82, 2.24) is 14.6 Å². The number of hydrogen-bond donors (Lipinski definition) is 1. The molecule has 8 nitrogen and oxygen atoms in total. The smallest absolute Gasteiger partial charge is 0.337 e. The average molecular weight is 419 g/mol. The van der Waals surface area contributed by atoms with E-state index < -0.39 is 16.2 Å². The highest BCUT2D eigenvalue weighted by atomic mass is 32.2. The number of esters is 1. The van der Waals surface area contributed by atoms with E-state index >= 15 is 0 Å². The van der Waals surface area contributed by atoms with Crippen molar-refractivity contribution in [2.24, 2.45) is 0 Å². The molecule has 29 heavy (non-hydrogen) atoms. The number of benzene rings is 1. The highest BCUT2D eigenvalue weighted by Crippen LogP contribution is 2.24. The maximum Gasteiger partial charge on any atom is 0.337 e. The van der Waals surface area contributed by atoms with E-state index in [4.69, 9.17) is 4.74 Å². The Morgan fingerprint density at radius 3 is 2.41 bits per heavy atom. The number of piperazine rings is 1. The van der Waals surface area contributed by atoms with Gasteiger partial charge >= 0.3 is 16.2 Å². The number of methoxy groups -OCH3 is 1. The number of rotatable bonds is 6. The summed E-state index contributed by atoms with van der Waals surface area (Å²) in [5, 5.41) is 3.35. The fourth-order valence-electron chi connectivity index (χ4n) is 3.44. The Kier molecular flexibility index (Phi) is 6.51. The SMILES string of the molecule is COC(=O)c1ccc(CN(c2cccnc2)S(=O)(=O)N2C[C@@H](C)N[C@@H](C)C2)cc1. The first-order valence-electron chi connectivity index (χ1n) is 9.42.